The van der Waals surface area contributed by atoms with Gasteiger partial charge in [0.15, 0.2) is 5.54 Å². The van der Waals surface area contributed by atoms with Crippen LogP contribution in [0.2, 0.25) is 0 Å². The minimum atomic E-state index is -1.36. The minimum Gasteiger partial charge on any atom is -0.479 e. The smallest absolute Gasteiger partial charge is 0.331 e. The summed E-state index contributed by atoms with van der Waals surface area (Å²) in [5.41, 5.74) is -1.36. The maximum atomic E-state index is 11.7. The van der Waals surface area contributed by atoms with Crippen LogP contribution in [0.15, 0.2) is 0 Å². The number of nitrogens with one attached hydrogen (secondary N) is 2. The first-order valence-electron chi connectivity index (χ1n) is 6.74. The van der Waals surface area contributed by atoms with Crippen molar-refractivity contribution in [3.8, 4) is 0 Å². The van der Waals surface area contributed by atoms with Crippen LogP contribution in [0.5, 0.6) is 0 Å². The maximum Gasteiger partial charge on any atom is 0.331 e. The fourth-order valence-corrected chi connectivity index (χ4v) is 1.88. The van der Waals surface area contributed by atoms with E-state index in [-0.39, 0.29) is 25.5 Å². The van der Waals surface area contributed by atoms with Crippen LogP contribution in [0.1, 0.15) is 33.1 Å². The zero-order valence-corrected chi connectivity index (χ0v) is 11.9. The lowest BCUT2D eigenvalue weighted by molar-refractivity contribution is -0.147. The predicted molar refractivity (Wildman–Crippen MR) is 71.0 cm³/mol. The Morgan fingerprint density at radius 1 is 1.30 bits per heavy atom. The molecule has 1 aliphatic heterocycles. The molecule has 7 nitrogen and oxygen atoms in total. The molecule has 0 bridgehead atoms. The molecule has 0 aromatic heterocycles. The fourth-order valence-electron chi connectivity index (χ4n) is 1.88. The lowest BCUT2D eigenvalue weighted by Gasteiger charge is -2.23. The molecule has 1 saturated heterocycles. The van der Waals surface area contributed by atoms with Crippen molar-refractivity contribution in [2.24, 2.45) is 5.92 Å². The highest BCUT2D eigenvalue weighted by atomic mass is 16.5. The van der Waals surface area contributed by atoms with Gasteiger partial charge in [0.05, 0.1) is 13.2 Å². The van der Waals surface area contributed by atoms with Gasteiger partial charge in [-0.3, -0.25) is 9.59 Å². The molecule has 114 valence electrons. The molecule has 0 radical (unpaired) electrons. The second kappa shape index (κ2) is 7.23. The minimum absolute atomic E-state index is 0.0463. The molecule has 1 rings (SSSR count). The number of carboxylic acid groups (broad SMARTS) is 1. The molecule has 1 aliphatic rings. The van der Waals surface area contributed by atoms with E-state index in [1.54, 1.807) is 0 Å². The maximum absolute atomic E-state index is 11.7. The summed E-state index contributed by atoms with van der Waals surface area (Å²) < 4.78 is 5.03. The van der Waals surface area contributed by atoms with Gasteiger partial charge in [-0.1, -0.05) is 13.8 Å². The molecule has 0 aromatic carbocycles. The number of hydrogen-bond acceptors (Lipinski definition) is 4. The van der Waals surface area contributed by atoms with E-state index in [9.17, 15) is 14.4 Å². The van der Waals surface area contributed by atoms with E-state index >= 15 is 0 Å². The first kappa shape index (κ1) is 16.4. The molecular weight excluding hydrogens is 264 g/mol. The average Bonchev–Trinajstić information content (AvgIpc) is 2.83. The van der Waals surface area contributed by atoms with Gasteiger partial charge in [-0.25, -0.2) is 4.79 Å². The Morgan fingerprint density at radius 2 is 2.00 bits per heavy atom. The first-order valence-corrected chi connectivity index (χ1v) is 6.74. The summed E-state index contributed by atoms with van der Waals surface area (Å²) in [7, 11) is 0. The Morgan fingerprint density at radius 3 is 2.50 bits per heavy atom. The topological polar surface area (TPSA) is 105 Å². The molecule has 0 spiro atoms. The number of carbonyl (C=O) groups is 3. The third-order valence-electron chi connectivity index (χ3n) is 3.20. The van der Waals surface area contributed by atoms with Gasteiger partial charge in [-0.15, -0.1) is 0 Å². The Hall–Kier alpha value is -1.63. The molecule has 7 heteroatoms. The highest BCUT2D eigenvalue weighted by molar-refractivity contribution is 5.90. The largest absolute Gasteiger partial charge is 0.479 e. The summed E-state index contributed by atoms with van der Waals surface area (Å²) in [5, 5.41) is 14.1. The molecular formula is C13H22N2O5. The molecule has 1 atom stereocenters. The van der Waals surface area contributed by atoms with Crippen LogP contribution >= 0.6 is 0 Å². The van der Waals surface area contributed by atoms with Crippen molar-refractivity contribution in [1.82, 2.24) is 10.6 Å². The van der Waals surface area contributed by atoms with Gasteiger partial charge >= 0.3 is 5.97 Å². The van der Waals surface area contributed by atoms with Gasteiger partial charge < -0.3 is 20.5 Å². The molecule has 1 fully saturated rings. The third-order valence-corrected chi connectivity index (χ3v) is 3.20. The van der Waals surface area contributed by atoms with Gasteiger partial charge in [-0.2, -0.15) is 0 Å². The predicted octanol–water partition coefficient (Wildman–Crippen LogP) is -0.101. The lowest BCUT2D eigenvalue weighted by atomic mass is 9.99. The van der Waals surface area contributed by atoms with Crippen LogP contribution in [-0.2, 0) is 19.1 Å². The quantitative estimate of drug-likeness (QED) is 0.606. The van der Waals surface area contributed by atoms with Crippen molar-refractivity contribution in [1.29, 1.82) is 0 Å². The third kappa shape index (κ3) is 4.80. The fraction of sp³-hybridized carbons (Fsp3) is 0.769. The number of ether oxygens (including phenoxy) is 1. The van der Waals surface area contributed by atoms with E-state index in [0.29, 0.717) is 18.9 Å². The van der Waals surface area contributed by atoms with Crippen LogP contribution in [0.4, 0.5) is 0 Å². The van der Waals surface area contributed by atoms with E-state index in [1.165, 1.54) is 0 Å². The van der Waals surface area contributed by atoms with Crippen LogP contribution in [0, 0.1) is 5.92 Å². The van der Waals surface area contributed by atoms with Crippen molar-refractivity contribution in [2.45, 2.75) is 38.6 Å². The van der Waals surface area contributed by atoms with Crippen LogP contribution in [-0.4, -0.2) is 48.2 Å². The van der Waals surface area contributed by atoms with Crippen molar-refractivity contribution >= 4 is 17.8 Å². The Labute approximate surface area is 118 Å². The summed E-state index contributed by atoms with van der Waals surface area (Å²) in [6.07, 6.45) is 1.34. The van der Waals surface area contributed by atoms with E-state index in [0.717, 1.165) is 6.42 Å². The van der Waals surface area contributed by atoms with E-state index in [2.05, 4.69) is 10.6 Å². The lowest BCUT2D eigenvalue weighted by Crippen LogP contribution is -2.57. The highest BCUT2D eigenvalue weighted by Gasteiger charge is 2.43. The number of hydrogen-bond donors (Lipinski definition) is 3. The van der Waals surface area contributed by atoms with Gasteiger partial charge in [-0.05, 0) is 12.3 Å². The monoisotopic (exact) mass is 286 g/mol. The summed E-state index contributed by atoms with van der Waals surface area (Å²) in [6.45, 7) is 4.06. The zero-order valence-electron chi connectivity index (χ0n) is 11.9. The molecule has 0 aliphatic carbocycles. The molecule has 0 aromatic rings. The van der Waals surface area contributed by atoms with Crippen molar-refractivity contribution in [3.05, 3.63) is 0 Å². The molecule has 3 N–H and O–H groups in total. The number of carboxylic acids is 1. The molecule has 0 saturated carbocycles. The summed E-state index contributed by atoms with van der Waals surface area (Å²) in [6, 6.07) is 0. The standard InChI is InChI=1S/C13H22N2O5/c1-9(2)3-4-10(16)14-7-11(17)15-13(12(18)19)5-6-20-8-13/h9H,3-8H2,1-2H3,(H,14,16)(H,15,17)(H,18,19). The normalized spacial score (nSPS) is 21.8. The SMILES string of the molecule is CC(C)CCC(=O)NCC(=O)NC1(C(=O)O)CCOC1. The summed E-state index contributed by atoms with van der Waals surface area (Å²) in [4.78, 5) is 34.4. The van der Waals surface area contributed by atoms with Gasteiger partial charge in [0, 0.05) is 19.4 Å². The van der Waals surface area contributed by atoms with Gasteiger partial charge in [0.25, 0.3) is 0 Å². The summed E-state index contributed by atoms with van der Waals surface area (Å²) >= 11 is 0. The number of rotatable bonds is 7. The van der Waals surface area contributed by atoms with Crippen LogP contribution in [0.25, 0.3) is 0 Å². The molecule has 20 heavy (non-hydrogen) atoms. The number of aliphatic carboxylic acids is 1. The van der Waals surface area contributed by atoms with E-state index in [4.69, 9.17) is 9.84 Å². The van der Waals surface area contributed by atoms with E-state index < -0.39 is 17.4 Å². The Bertz CT molecular complexity index is 375. The number of carbonyl (C=O) groups excluding carboxylic acids is 2. The second-order valence-corrected chi connectivity index (χ2v) is 5.45. The van der Waals surface area contributed by atoms with Crippen LogP contribution < -0.4 is 10.6 Å². The summed E-state index contributed by atoms with van der Waals surface area (Å²) in [5.74, 6) is -1.42. The van der Waals surface area contributed by atoms with Gasteiger partial charge in [0.2, 0.25) is 11.8 Å². The number of amides is 2. The van der Waals surface area contributed by atoms with Crippen LogP contribution in [0.3, 0.4) is 0 Å². The molecule has 1 heterocycles. The van der Waals surface area contributed by atoms with Crippen molar-refractivity contribution < 1.29 is 24.2 Å². The van der Waals surface area contributed by atoms with E-state index in [1.807, 2.05) is 13.8 Å². The molecule has 1 unspecified atom stereocenters. The first-order chi connectivity index (χ1) is 9.35. The zero-order chi connectivity index (χ0) is 15.2. The molecule has 2 amide bonds. The van der Waals surface area contributed by atoms with Crippen molar-refractivity contribution in [2.75, 3.05) is 19.8 Å². The second-order valence-electron chi connectivity index (χ2n) is 5.45. The Kier molecular flexibility index (Phi) is 5.94. The van der Waals surface area contributed by atoms with Gasteiger partial charge in [0.1, 0.15) is 0 Å². The Balaban J connectivity index is 2.36. The highest BCUT2D eigenvalue weighted by Crippen LogP contribution is 2.18. The average molecular weight is 286 g/mol. The van der Waals surface area contributed by atoms with Crippen molar-refractivity contribution in [3.63, 3.8) is 0 Å².